The standard InChI is InChI=1S/C13H15N7OS2/c1-3-20-15-7-9(18-20)6-14-12(21)17-13-16-11(19-23-13)10-8(2)4-5-22-10/h4-5,7H,3,6H2,1-2H3,(H2,14,16,17,19,21). The molecule has 0 aliphatic carbocycles. The maximum atomic E-state index is 11.9. The highest BCUT2D eigenvalue weighted by Crippen LogP contribution is 2.28. The summed E-state index contributed by atoms with van der Waals surface area (Å²) in [6.45, 7) is 4.96. The van der Waals surface area contributed by atoms with Gasteiger partial charge < -0.3 is 5.32 Å². The van der Waals surface area contributed by atoms with Crippen molar-refractivity contribution in [1.29, 1.82) is 0 Å². The van der Waals surface area contributed by atoms with E-state index < -0.39 is 0 Å². The number of hydrogen-bond donors (Lipinski definition) is 2. The quantitative estimate of drug-likeness (QED) is 0.737. The zero-order valence-electron chi connectivity index (χ0n) is 12.6. The van der Waals surface area contributed by atoms with Gasteiger partial charge in [-0.25, -0.2) is 4.79 Å². The van der Waals surface area contributed by atoms with Crippen molar-refractivity contribution in [2.75, 3.05) is 5.32 Å². The molecule has 3 aromatic heterocycles. The van der Waals surface area contributed by atoms with Crippen LogP contribution in [0.4, 0.5) is 9.93 Å². The lowest BCUT2D eigenvalue weighted by molar-refractivity contribution is 0.251. The highest BCUT2D eigenvalue weighted by Gasteiger charge is 2.12. The van der Waals surface area contributed by atoms with E-state index in [2.05, 4.69) is 30.2 Å². The van der Waals surface area contributed by atoms with Gasteiger partial charge in [0.2, 0.25) is 5.13 Å². The second kappa shape index (κ2) is 6.84. The largest absolute Gasteiger partial charge is 0.332 e. The first-order valence-corrected chi connectivity index (χ1v) is 8.63. The van der Waals surface area contributed by atoms with E-state index in [1.54, 1.807) is 22.3 Å². The molecule has 2 amide bonds. The Labute approximate surface area is 140 Å². The van der Waals surface area contributed by atoms with Crippen LogP contribution in [0.1, 0.15) is 18.2 Å². The first-order valence-electron chi connectivity index (χ1n) is 6.97. The highest BCUT2D eigenvalue weighted by atomic mass is 32.1. The number of amides is 2. The Balaban J connectivity index is 1.56. The number of anilines is 1. The van der Waals surface area contributed by atoms with Crippen LogP contribution in [-0.4, -0.2) is 30.4 Å². The summed E-state index contributed by atoms with van der Waals surface area (Å²) in [6.07, 6.45) is 1.63. The zero-order chi connectivity index (χ0) is 16.2. The van der Waals surface area contributed by atoms with E-state index in [-0.39, 0.29) is 6.03 Å². The van der Waals surface area contributed by atoms with Crippen LogP contribution in [0.15, 0.2) is 17.6 Å². The Morgan fingerprint density at radius 1 is 1.43 bits per heavy atom. The minimum Gasteiger partial charge on any atom is -0.332 e. The topological polar surface area (TPSA) is 97.6 Å². The van der Waals surface area contributed by atoms with Crippen molar-refractivity contribution in [3.05, 3.63) is 28.9 Å². The van der Waals surface area contributed by atoms with Crippen LogP contribution in [-0.2, 0) is 13.1 Å². The molecule has 0 aliphatic rings. The summed E-state index contributed by atoms with van der Waals surface area (Å²) in [7, 11) is 0. The number of thiophene rings is 1. The van der Waals surface area contributed by atoms with Crippen LogP contribution in [0.2, 0.25) is 0 Å². The SMILES string of the molecule is CCn1ncc(CNC(=O)Nc2nc(-c3sccc3C)ns2)n1. The van der Waals surface area contributed by atoms with Gasteiger partial charge in [0.15, 0.2) is 5.82 Å². The van der Waals surface area contributed by atoms with Crippen LogP contribution in [0, 0.1) is 6.92 Å². The molecule has 0 fully saturated rings. The molecule has 3 rings (SSSR count). The van der Waals surface area contributed by atoms with Crippen molar-refractivity contribution < 1.29 is 4.79 Å². The van der Waals surface area contributed by atoms with Crippen molar-refractivity contribution in [1.82, 2.24) is 29.7 Å². The number of aromatic nitrogens is 5. The van der Waals surface area contributed by atoms with Gasteiger partial charge in [-0.2, -0.15) is 24.4 Å². The normalized spacial score (nSPS) is 10.7. The minimum absolute atomic E-state index is 0.307. The molecule has 0 bridgehead atoms. The van der Waals surface area contributed by atoms with Crippen molar-refractivity contribution in [3.63, 3.8) is 0 Å². The van der Waals surface area contributed by atoms with Gasteiger partial charge in [-0.15, -0.1) is 11.3 Å². The molecule has 0 atom stereocenters. The molecular formula is C13H15N7OS2. The van der Waals surface area contributed by atoms with Crippen LogP contribution in [0.3, 0.4) is 0 Å². The molecule has 10 heteroatoms. The molecule has 0 saturated heterocycles. The molecule has 0 unspecified atom stereocenters. The van der Waals surface area contributed by atoms with Crippen molar-refractivity contribution >= 4 is 34.0 Å². The van der Waals surface area contributed by atoms with Gasteiger partial charge in [0.25, 0.3) is 0 Å². The molecule has 0 saturated carbocycles. The number of nitrogens with zero attached hydrogens (tertiary/aromatic N) is 5. The number of hydrogen-bond acceptors (Lipinski definition) is 7. The summed E-state index contributed by atoms with van der Waals surface area (Å²) in [6, 6.07) is 1.67. The Morgan fingerprint density at radius 2 is 2.30 bits per heavy atom. The molecule has 23 heavy (non-hydrogen) atoms. The first-order chi connectivity index (χ1) is 11.2. The third kappa shape index (κ3) is 3.71. The molecule has 2 N–H and O–H groups in total. The highest BCUT2D eigenvalue weighted by molar-refractivity contribution is 7.14. The Morgan fingerprint density at radius 3 is 3.00 bits per heavy atom. The first kappa shape index (κ1) is 15.6. The number of urea groups is 1. The second-order valence-electron chi connectivity index (χ2n) is 4.69. The van der Waals surface area contributed by atoms with Crippen molar-refractivity contribution in [3.8, 4) is 10.7 Å². The maximum Gasteiger partial charge on any atom is 0.321 e. The van der Waals surface area contributed by atoms with Crippen molar-refractivity contribution in [2.24, 2.45) is 0 Å². The average molecular weight is 349 g/mol. The number of rotatable bonds is 5. The van der Waals surface area contributed by atoms with Crippen LogP contribution >= 0.6 is 22.9 Å². The molecule has 3 heterocycles. The molecule has 120 valence electrons. The number of aryl methyl sites for hydroxylation is 2. The number of nitrogens with one attached hydrogen (secondary N) is 2. The Hall–Kier alpha value is -2.33. The summed E-state index contributed by atoms with van der Waals surface area (Å²) < 4.78 is 4.28. The molecular weight excluding hydrogens is 334 g/mol. The summed E-state index contributed by atoms with van der Waals surface area (Å²) in [5.41, 5.74) is 1.83. The van der Waals surface area contributed by atoms with Crippen LogP contribution in [0.5, 0.6) is 0 Å². The van der Waals surface area contributed by atoms with Crippen molar-refractivity contribution in [2.45, 2.75) is 26.9 Å². The fourth-order valence-corrected chi connectivity index (χ4v) is 3.33. The van der Waals surface area contributed by atoms with Crippen LogP contribution < -0.4 is 10.6 Å². The fraction of sp³-hybridized carbons (Fsp3) is 0.308. The lowest BCUT2D eigenvalue weighted by atomic mass is 10.3. The third-order valence-corrected chi connectivity index (χ3v) is 4.65. The molecule has 0 aliphatic heterocycles. The lowest BCUT2D eigenvalue weighted by Crippen LogP contribution is -2.28. The fourth-order valence-electron chi connectivity index (χ4n) is 1.85. The van der Waals surface area contributed by atoms with E-state index in [1.165, 1.54) is 0 Å². The van der Waals surface area contributed by atoms with Gasteiger partial charge in [0.05, 0.1) is 24.2 Å². The summed E-state index contributed by atoms with van der Waals surface area (Å²) in [5.74, 6) is 0.642. The monoisotopic (exact) mass is 349 g/mol. The van der Waals surface area contributed by atoms with Gasteiger partial charge >= 0.3 is 6.03 Å². The molecule has 3 aromatic rings. The summed E-state index contributed by atoms with van der Waals surface area (Å²) in [5, 5.41) is 16.1. The van der Waals surface area contributed by atoms with E-state index in [9.17, 15) is 4.79 Å². The third-order valence-electron chi connectivity index (χ3n) is 3.01. The second-order valence-corrected chi connectivity index (χ2v) is 6.36. The van der Waals surface area contributed by atoms with Gasteiger partial charge in [-0.1, -0.05) is 0 Å². The molecule has 8 nitrogen and oxygen atoms in total. The minimum atomic E-state index is -0.346. The van der Waals surface area contributed by atoms with Gasteiger partial charge in [0, 0.05) is 11.5 Å². The summed E-state index contributed by atoms with van der Waals surface area (Å²) in [4.78, 5) is 18.8. The summed E-state index contributed by atoms with van der Waals surface area (Å²) >= 11 is 2.74. The van der Waals surface area contributed by atoms with E-state index >= 15 is 0 Å². The average Bonchev–Trinajstić information content (AvgIpc) is 3.25. The van der Waals surface area contributed by atoms with E-state index in [0.29, 0.717) is 29.7 Å². The molecule has 0 radical (unpaired) electrons. The molecule has 0 spiro atoms. The van der Waals surface area contributed by atoms with E-state index in [0.717, 1.165) is 22.0 Å². The Bertz CT molecular complexity index is 807. The predicted octanol–water partition coefficient (Wildman–Crippen LogP) is 2.51. The van der Waals surface area contributed by atoms with Gasteiger partial charge in [-0.05, 0) is 30.9 Å². The zero-order valence-corrected chi connectivity index (χ0v) is 14.2. The maximum absolute atomic E-state index is 11.9. The van der Waals surface area contributed by atoms with Crippen LogP contribution in [0.25, 0.3) is 10.7 Å². The van der Waals surface area contributed by atoms with Gasteiger partial charge in [-0.3, -0.25) is 5.32 Å². The van der Waals surface area contributed by atoms with E-state index in [1.807, 2.05) is 25.3 Å². The smallest absolute Gasteiger partial charge is 0.321 e. The Kier molecular flexibility index (Phi) is 4.63. The molecule has 0 aromatic carbocycles. The predicted molar refractivity (Wildman–Crippen MR) is 89.5 cm³/mol. The lowest BCUT2D eigenvalue weighted by Gasteiger charge is -2.02. The van der Waals surface area contributed by atoms with Gasteiger partial charge in [0.1, 0.15) is 5.69 Å². The number of carbonyl (C=O) groups is 1. The number of carbonyl (C=O) groups excluding carboxylic acids is 1. The van der Waals surface area contributed by atoms with E-state index in [4.69, 9.17) is 0 Å².